The highest BCUT2D eigenvalue weighted by Crippen LogP contribution is 2.17. The van der Waals surface area contributed by atoms with Gasteiger partial charge in [-0.05, 0) is 36.2 Å². The molecule has 1 heterocycles. The van der Waals surface area contributed by atoms with Gasteiger partial charge >= 0.3 is 0 Å². The van der Waals surface area contributed by atoms with Gasteiger partial charge in [-0.1, -0.05) is 54.1 Å². The molecule has 3 aromatic rings. The van der Waals surface area contributed by atoms with Gasteiger partial charge in [0.15, 0.2) is 0 Å². The molecule has 120 valence electrons. The molecule has 0 atom stereocenters. The summed E-state index contributed by atoms with van der Waals surface area (Å²) in [7, 11) is 0. The highest BCUT2D eigenvalue weighted by molar-refractivity contribution is 6.33. The first kappa shape index (κ1) is 16.2. The van der Waals surface area contributed by atoms with Crippen LogP contribution in [0.1, 0.15) is 16.7 Å². The number of halogens is 1. The second-order valence-corrected chi connectivity index (χ2v) is 5.94. The summed E-state index contributed by atoms with van der Waals surface area (Å²) >= 11 is 6.17. The molecule has 0 unspecified atom stereocenters. The predicted octanol–water partition coefficient (Wildman–Crippen LogP) is 4.43. The number of nitrogens with zero attached hydrogens (tertiary/aromatic N) is 3. The Balaban J connectivity index is 1.73. The van der Waals surface area contributed by atoms with Crippen molar-refractivity contribution in [2.45, 2.75) is 13.5 Å². The molecule has 0 aliphatic heterocycles. The van der Waals surface area contributed by atoms with Crippen molar-refractivity contribution in [3.05, 3.63) is 100 Å². The molecule has 24 heavy (non-hydrogen) atoms. The maximum atomic E-state index is 6.17. The molecule has 0 N–H and O–H groups in total. The number of rotatable bonds is 4. The third kappa shape index (κ3) is 4.21. The van der Waals surface area contributed by atoms with Gasteiger partial charge < -0.3 is 4.57 Å². The topological polar surface area (TPSA) is 29.6 Å². The van der Waals surface area contributed by atoms with Crippen LogP contribution in [0.3, 0.4) is 0 Å². The summed E-state index contributed by atoms with van der Waals surface area (Å²) in [6.07, 6.45) is 5.70. The molecule has 0 aliphatic carbocycles. The molecule has 3 rings (SSSR count). The Kier molecular flexibility index (Phi) is 5.24. The first-order chi connectivity index (χ1) is 11.7. The largest absolute Gasteiger partial charge is 0.350 e. The minimum absolute atomic E-state index is 0.683. The molecule has 1 aromatic heterocycles. The van der Waals surface area contributed by atoms with E-state index in [4.69, 9.17) is 11.6 Å². The standard InChI is InChI=1S/C20H18ClN3/c1-16-6-5-9-20(21)19(16)14-22-23-18-10-12-24(13-11-18)15-17-7-3-2-4-8-17/h2-14H,15H2,1H3/b22-14+. The van der Waals surface area contributed by atoms with Crippen LogP contribution in [-0.4, -0.2) is 10.8 Å². The molecule has 4 heteroatoms. The van der Waals surface area contributed by atoms with E-state index in [0.717, 1.165) is 23.0 Å². The Morgan fingerprint density at radius 1 is 0.958 bits per heavy atom. The molecule has 0 fully saturated rings. The fourth-order valence-electron chi connectivity index (χ4n) is 2.38. The molecule has 2 aromatic carbocycles. The Morgan fingerprint density at radius 2 is 1.71 bits per heavy atom. The smallest absolute Gasteiger partial charge is 0.0885 e. The fourth-order valence-corrected chi connectivity index (χ4v) is 2.65. The van der Waals surface area contributed by atoms with Gasteiger partial charge in [-0.25, -0.2) is 0 Å². The van der Waals surface area contributed by atoms with Crippen LogP contribution < -0.4 is 5.36 Å². The van der Waals surface area contributed by atoms with Gasteiger partial charge in [0, 0.05) is 29.5 Å². The van der Waals surface area contributed by atoms with Crippen molar-refractivity contribution in [3.63, 3.8) is 0 Å². The van der Waals surface area contributed by atoms with E-state index < -0.39 is 0 Å². The second-order valence-electron chi connectivity index (χ2n) is 5.53. The lowest BCUT2D eigenvalue weighted by Gasteiger charge is -2.05. The normalized spacial score (nSPS) is 10.9. The molecule has 0 spiro atoms. The van der Waals surface area contributed by atoms with Crippen molar-refractivity contribution in [3.8, 4) is 0 Å². The summed E-state index contributed by atoms with van der Waals surface area (Å²) in [5.74, 6) is 0. The van der Waals surface area contributed by atoms with Gasteiger partial charge in [-0.3, -0.25) is 0 Å². The van der Waals surface area contributed by atoms with Gasteiger partial charge in [0.05, 0.1) is 11.6 Å². The first-order valence-electron chi connectivity index (χ1n) is 7.74. The van der Waals surface area contributed by atoms with Crippen molar-refractivity contribution in [2.75, 3.05) is 0 Å². The van der Waals surface area contributed by atoms with Crippen molar-refractivity contribution in [1.82, 2.24) is 4.57 Å². The lowest BCUT2D eigenvalue weighted by atomic mass is 10.1. The molecule has 0 bridgehead atoms. The lowest BCUT2D eigenvalue weighted by Crippen LogP contribution is -2.06. The van der Waals surface area contributed by atoms with Gasteiger partial charge in [0.25, 0.3) is 0 Å². The van der Waals surface area contributed by atoms with E-state index in [1.807, 2.05) is 67.8 Å². The minimum Gasteiger partial charge on any atom is -0.350 e. The summed E-state index contributed by atoms with van der Waals surface area (Å²) in [6.45, 7) is 2.84. The molecule has 0 saturated carbocycles. The van der Waals surface area contributed by atoms with E-state index in [1.165, 1.54) is 5.56 Å². The average molecular weight is 336 g/mol. The van der Waals surface area contributed by atoms with Gasteiger partial charge in [0.1, 0.15) is 0 Å². The highest BCUT2D eigenvalue weighted by Gasteiger charge is 1.99. The third-order valence-corrected chi connectivity index (χ3v) is 4.04. The fraction of sp³-hybridized carbons (Fsp3) is 0.100. The van der Waals surface area contributed by atoms with E-state index in [-0.39, 0.29) is 0 Å². The number of hydrogen-bond acceptors (Lipinski definition) is 2. The lowest BCUT2D eigenvalue weighted by molar-refractivity contribution is 0.786. The van der Waals surface area contributed by atoms with Gasteiger partial charge in [0.2, 0.25) is 0 Å². The number of aromatic nitrogens is 1. The summed E-state index contributed by atoms with van der Waals surface area (Å²) in [6, 6.07) is 20.0. The highest BCUT2D eigenvalue weighted by atomic mass is 35.5. The van der Waals surface area contributed by atoms with E-state index >= 15 is 0 Å². The summed E-state index contributed by atoms with van der Waals surface area (Å²) < 4.78 is 2.11. The molecule has 0 amide bonds. The summed E-state index contributed by atoms with van der Waals surface area (Å²) in [5, 5.41) is 9.87. The monoisotopic (exact) mass is 335 g/mol. The number of aryl methyl sites for hydroxylation is 1. The van der Waals surface area contributed by atoms with E-state index in [9.17, 15) is 0 Å². The number of hydrogen-bond donors (Lipinski definition) is 0. The van der Waals surface area contributed by atoms with Crippen molar-refractivity contribution in [1.29, 1.82) is 0 Å². The average Bonchev–Trinajstić information content (AvgIpc) is 2.60. The summed E-state index contributed by atoms with van der Waals surface area (Å²) in [5.41, 5.74) is 3.24. The predicted molar refractivity (Wildman–Crippen MR) is 99.3 cm³/mol. The van der Waals surface area contributed by atoms with Crippen LogP contribution in [0.2, 0.25) is 5.02 Å². The van der Waals surface area contributed by atoms with Crippen LogP contribution in [-0.2, 0) is 6.54 Å². The third-order valence-electron chi connectivity index (χ3n) is 3.71. The van der Waals surface area contributed by atoms with Gasteiger partial charge in [-0.15, -0.1) is 0 Å². The van der Waals surface area contributed by atoms with E-state index in [2.05, 4.69) is 26.9 Å². The first-order valence-corrected chi connectivity index (χ1v) is 8.12. The molecule has 0 radical (unpaired) electrons. The molecular weight excluding hydrogens is 318 g/mol. The zero-order chi connectivity index (χ0) is 16.8. The van der Waals surface area contributed by atoms with Crippen LogP contribution in [0.15, 0.2) is 83.3 Å². The zero-order valence-corrected chi connectivity index (χ0v) is 14.2. The SMILES string of the molecule is Cc1cccc(Cl)c1/C=N/N=c1ccn(Cc2ccccc2)cc1. The van der Waals surface area contributed by atoms with Crippen LogP contribution in [0.5, 0.6) is 0 Å². The molecule has 3 nitrogen and oxygen atoms in total. The van der Waals surface area contributed by atoms with Crippen molar-refractivity contribution < 1.29 is 0 Å². The maximum absolute atomic E-state index is 6.17. The number of benzene rings is 2. The van der Waals surface area contributed by atoms with Crippen LogP contribution >= 0.6 is 11.6 Å². The Bertz CT molecular complexity index is 871. The molecular formula is C20H18ClN3. The maximum Gasteiger partial charge on any atom is 0.0885 e. The van der Waals surface area contributed by atoms with Gasteiger partial charge in [-0.2, -0.15) is 10.2 Å². The molecule has 0 saturated heterocycles. The van der Waals surface area contributed by atoms with E-state index in [1.54, 1.807) is 6.21 Å². The van der Waals surface area contributed by atoms with E-state index in [0.29, 0.717) is 5.02 Å². The Hall–Kier alpha value is -2.65. The zero-order valence-electron chi connectivity index (χ0n) is 13.4. The van der Waals surface area contributed by atoms with Crippen LogP contribution in [0.4, 0.5) is 0 Å². The Morgan fingerprint density at radius 3 is 2.42 bits per heavy atom. The van der Waals surface area contributed by atoms with Crippen LogP contribution in [0, 0.1) is 6.92 Å². The van der Waals surface area contributed by atoms with Crippen molar-refractivity contribution >= 4 is 17.8 Å². The Labute approximate surface area is 146 Å². The number of pyridine rings is 1. The summed E-state index contributed by atoms with van der Waals surface area (Å²) in [4.78, 5) is 0. The van der Waals surface area contributed by atoms with Crippen molar-refractivity contribution in [2.24, 2.45) is 10.2 Å². The molecule has 0 aliphatic rings. The minimum atomic E-state index is 0.683. The quantitative estimate of drug-likeness (QED) is 0.498. The van der Waals surface area contributed by atoms with Crippen LogP contribution in [0.25, 0.3) is 0 Å². The second kappa shape index (κ2) is 7.75.